The molecule has 0 bridgehead atoms. The quantitative estimate of drug-likeness (QED) is 0.805. The Morgan fingerprint density at radius 3 is 2.86 bits per heavy atom. The molecule has 0 radical (unpaired) electrons. The van der Waals surface area contributed by atoms with Crippen LogP contribution < -0.4 is 0 Å². The number of aromatic nitrogens is 6. The van der Waals surface area contributed by atoms with Crippen molar-refractivity contribution in [2.45, 2.75) is 38.1 Å². The van der Waals surface area contributed by atoms with Crippen LogP contribution in [0, 0.1) is 0 Å². The lowest BCUT2D eigenvalue weighted by Crippen LogP contribution is -2.38. The van der Waals surface area contributed by atoms with Crippen molar-refractivity contribution < 1.29 is 4.79 Å². The van der Waals surface area contributed by atoms with Gasteiger partial charge in [-0.3, -0.25) is 4.79 Å². The predicted octanol–water partition coefficient (Wildman–Crippen LogP) is 0.649. The highest BCUT2D eigenvalue weighted by molar-refractivity contribution is 5.76. The third-order valence-corrected chi connectivity index (χ3v) is 4.04. The number of amides is 1. The first-order chi connectivity index (χ1) is 10.8. The summed E-state index contributed by atoms with van der Waals surface area (Å²) in [6, 6.07) is 1.97. The van der Waals surface area contributed by atoms with Gasteiger partial charge >= 0.3 is 0 Å². The molecule has 1 saturated heterocycles. The van der Waals surface area contributed by atoms with Crippen molar-refractivity contribution >= 4 is 5.91 Å². The Labute approximate surface area is 128 Å². The fourth-order valence-corrected chi connectivity index (χ4v) is 2.80. The Morgan fingerprint density at radius 2 is 2.18 bits per heavy atom. The molecular weight excluding hydrogens is 282 g/mol. The van der Waals surface area contributed by atoms with Gasteiger partial charge in [0.25, 0.3) is 0 Å². The number of likely N-dealkylation sites (tertiary alicyclic amines) is 1. The summed E-state index contributed by atoms with van der Waals surface area (Å²) in [6.45, 7) is 2.28. The van der Waals surface area contributed by atoms with Crippen molar-refractivity contribution in [2.75, 3.05) is 13.1 Å². The summed E-state index contributed by atoms with van der Waals surface area (Å²) in [7, 11) is 0. The van der Waals surface area contributed by atoms with Crippen molar-refractivity contribution in [1.82, 2.24) is 35.1 Å². The van der Waals surface area contributed by atoms with Crippen LogP contribution in [0.3, 0.4) is 0 Å². The number of aryl methyl sites for hydroxylation is 1. The molecule has 0 spiro atoms. The molecular formula is C14H19N7O. The molecule has 0 saturated carbocycles. The SMILES string of the molecule is O=C(CCCn1cnnn1)N1CCC(c2ccncn2)CC1. The van der Waals surface area contributed by atoms with Crippen molar-refractivity contribution in [3.05, 3.63) is 30.6 Å². The molecule has 22 heavy (non-hydrogen) atoms. The summed E-state index contributed by atoms with van der Waals surface area (Å²) in [5.41, 5.74) is 1.08. The van der Waals surface area contributed by atoms with E-state index in [1.54, 1.807) is 23.5 Å². The molecule has 1 amide bonds. The highest BCUT2D eigenvalue weighted by atomic mass is 16.2. The lowest BCUT2D eigenvalue weighted by atomic mass is 9.93. The average Bonchev–Trinajstić information content (AvgIpc) is 3.09. The van der Waals surface area contributed by atoms with Crippen LogP contribution in [-0.4, -0.2) is 54.1 Å². The van der Waals surface area contributed by atoms with Crippen LogP contribution in [-0.2, 0) is 11.3 Å². The molecule has 2 aromatic rings. The normalized spacial score (nSPS) is 15.9. The molecule has 8 heteroatoms. The molecule has 0 atom stereocenters. The maximum atomic E-state index is 12.2. The van der Waals surface area contributed by atoms with Gasteiger partial charge in [-0.25, -0.2) is 14.6 Å². The third kappa shape index (κ3) is 3.63. The highest BCUT2D eigenvalue weighted by Crippen LogP contribution is 2.26. The van der Waals surface area contributed by atoms with Gasteiger partial charge in [-0.2, -0.15) is 0 Å². The van der Waals surface area contributed by atoms with E-state index in [4.69, 9.17) is 0 Å². The highest BCUT2D eigenvalue weighted by Gasteiger charge is 2.24. The summed E-state index contributed by atoms with van der Waals surface area (Å²) in [5, 5.41) is 10.9. The Balaban J connectivity index is 1.42. The summed E-state index contributed by atoms with van der Waals surface area (Å²) in [4.78, 5) is 22.4. The molecule has 0 aromatic carbocycles. The van der Waals surface area contributed by atoms with Crippen molar-refractivity contribution in [1.29, 1.82) is 0 Å². The Kier molecular flexibility index (Phi) is 4.67. The zero-order chi connectivity index (χ0) is 15.2. The van der Waals surface area contributed by atoms with E-state index >= 15 is 0 Å². The van der Waals surface area contributed by atoms with E-state index in [9.17, 15) is 4.79 Å². The summed E-state index contributed by atoms with van der Waals surface area (Å²) in [5.74, 6) is 0.655. The van der Waals surface area contributed by atoms with Gasteiger partial charge in [0, 0.05) is 43.9 Å². The van der Waals surface area contributed by atoms with E-state index in [2.05, 4.69) is 25.5 Å². The summed E-state index contributed by atoms with van der Waals surface area (Å²) >= 11 is 0. The van der Waals surface area contributed by atoms with Crippen LogP contribution in [0.2, 0.25) is 0 Å². The van der Waals surface area contributed by atoms with Gasteiger partial charge in [0.1, 0.15) is 12.7 Å². The molecule has 0 unspecified atom stereocenters. The van der Waals surface area contributed by atoms with Gasteiger partial charge in [-0.05, 0) is 35.8 Å². The van der Waals surface area contributed by atoms with Crippen LogP contribution in [0.15, 0.2) is 24.9 Å². The van der Waals surface area contributed by atoms with Gasteiger partial charge in [0.2, 0.25) is 5.91 Å². The second-order valence-corrected chi connectivity index (χ2v) is 5.47. The maximum Gasteiger partial charge on any atom is 0.222 e. The second kappa shape index (κ2) is 7.06. The van der Waals surface area contributed by atoms with Crippen LogP contribution in [0.5, 0.6) is 0 Å². The molecule has 2 aromatic heterocycles. The molecule has 3 rings (SSSR count). The number of carbonyl (C=O) groups is 1. The van der Waals surface area contributed by atoms with E-state index in [0.29, 0.717) is 18.9 Å². The van der Waals surface area contributed by atoms with Crippen molar-refractivity contribution in [2.24, 2.45) is 0 Å². The molecule has 116 valence electrons. The van der Waals surface area contributed by atoms with Crippen LogP contribution in [0.1, 0.15) is 37.3 Å². The minimum Gasteiger partial charge on any atom is -0.343 e. The van der Waals surface area contributed by atoms with Gasteiger partial charge < -0.3 is 4.90 Å². The number of hydrogen-bond acceptors (Lipinski definition) is 6. The minimum atomic E-state index is 0.217. The third-order valence-electron chi connectivity index (χ3n) is 4.04. The van der Waals surface area contributed by atoms with Gasteiger partial charge in [-0.1, -0.05) is 0 Å². The molecule has 0 aliphatic carbocycles. The first-order valence-electron chi connectivity index (χ1n) is 7.57. The van der Waals surface area contributed by atoms with E-state index in [1.807, 2.05) is 11.0 Å². The standard InChI is InChI=1S/C14H19N7O/c22-14(2-1-7-21-11-17-18-19-21)20-8-4-12(5-9-20)13-3-6-15-10-16-13/h3,6,10-12H,1-2,4-5,7-9H2. The number of carbonyl (C=O) groups excluding carboxylic acids is 1. The van der Waals surface area contributed by atoms with E-state index in [-0.39, 0.29) is 5.91 Å². The first-order valence-corrected chi connectivity index (χ1v) is 7.57. The van der Waals surface area contributed by atoms with Crippen LogP contribution >= 0.6 is 0 Å². The van der Waals surface area contributed by atoms with Crippen LogP contribution in [0.4, 0.5) is 0 Å². The fraction of sp³-hybridized carbons (Fsp3) is 0.571. The Hall–Kier alpha value is -2.38. The maximum absolute atomic E-state index is 12.2. The zero-order valence-corrected chi connectivity index (χ0v) is 12.4. The number of piperidine rings is 1. The number of hydrogen-bond donors (Lipinski definition) is 0. The first kappa shape index (κ1) is 14.6. The van der Waals surface area contributed by atoms with E-state index < -0.39 is 0 Å². The molecule has 1 aliphatic rings. The molecule has 0 N–H and O–H groups in total. The Morgan fingerprint density at radius 1 is 1.32 bits per heavy atom. The number of rotatable bonds is 5. The summed E-state index contributed by atoms with van der Waals surface area (Å²) < 4.78 is 1.65. The van der Waals surface area contributed by atoms with E-state index in [0.717, 1.165) is 38.0 Å². The van der Waals surface area contributed by atoms with Gasteiger partial charge in [0.15, 0.2) is 0 Å². The van der Waals surface area contributed by atoms with Crippen molar-refractivity contribution in [3.8, 4) is 0 Å². The molecule has 1 fully saturated rings. The zero-order valence-electron chi connectivity index (χ0n) is 12.4. The summed E-state index contributed by atoms with van der Waals surface area (Å²) in [6.07, 6.45) is 8.17. The average molecular weight is 301 g/mol. The predicted molar refractivity (Wildman–Crippen MR) is 77.6 cm³/mol. The smallest absolute Gasteiger partial charge is 0.222 e. The number of nitrogens with zero attached hydrogens (tertiary/aromatic N) is 7. The minimum absolute atomic E-state index is 0.217. The molecule has 1 aliphatic heterocycles. The van der Waals surface area contributed by atoms with Crippen molar-refractivity contribution in [3.63, 3.8) is 0 Å². The lowest BCUT2D eigenvalue weighted by Gasteiger charge is -2.31. The second-order valence-electron chi connectivity index (χ2n) is 5.47. The molecule has 3 heterocycles. The molecule has 8 nitrogen and oxygen atoms in total. The topological polar surface area (TPSA) is 89.7 Å². The Bertz CT molecular complexity index is 579. The lowest BCUT2D eigenvalue weighted by molar-refractivity contribution is -0.132. The van der Waals surface area contributed by atoms with Gasteiger partial charge in [0.05, 0.1) is 0 Å². The fourth-order valence-electron chi connectivity index (χ4n) is 2.80. The van der Waals surface area contributed by atoms with E-state index in [1.165, 1.54) is 0 Å². The monoisotopic (exact) mass is 301 g/mol. The largest absolute Gasteiger partial charge is 0.343 e. The van der Waals surface area contributed by atoms with Gasteiger partial charge in [-0.15, -0.1) is 5.10 Å². The number of tetrazole rings is 1. The van der Waals surface area contributed by atoms with Crippen LogP contribution in [0.25, 0.3) is 0 Å².